The Labute approximate surface area is 174 Å². The van der Waals surface area contributed by atoms with Crippen LogP contribution >= 0.6 is 0 Å². The molecule has 0 aliphatic rings. The van der Waals surface area contributed by atoms with Crippen molar-refractivity contribution in [2.75, 3.05) is 0 Å². The van der Waals surface area contributed by atoms with E-state index in [1.165, 1.54) is 0 Å². The quantitative estimate of drug-likeness (QED) is 0.402. The van der Waals surface area contributed by atoms with Gasteiger partial charge in [0.05, 0.1) is 16.7 Å². The molecule has 0 spiro atoms. The molecule has 0 unspecified atom stereocenters. The van der Waals surface area contributed by atoms with Crippen LogP contribution in [0.1, 0.15) is 32.1 Å². The van der Waals surface area contributed by atoms with Gasteiger partial charge in [-0.1, -0.05) is 43.2 Å². The van der Waals surface area contributed by atoms with E-state index in [2.05, 4.69) is 0 Å². The number of carboxylic acids is 1. The Morgan fingerprint density at radius 1 is 0.846 bits per heavy atom. The summed E-state index contributed by atoms with van der Waals surface area (Å²) in [4.78, 5) is 23.4. The van der Waals surface area contributed by atoms with E-state index in [0.717, 1.165) is 36.0 Å². The van der Waals surface area contributed by atoms with Crippen LogP contribution in [-0.2, 0) is 11.3 Å². The largest absolute Gasteiger partial charge is 1.00 e. The number of unbranched alkanes of at least 4 members (excludes halogenated alkanes) is 3. The van der Waals surface area contributed by atoms with Gasteiger partial charge in [0.15, 0.2) is 0 Å². The summed E-state index contributed by atoms with van der Waals surface area (Å²) < 4.78 is 3.55. The summed E-state index contributed by atoms with van der Waals surface area (Å²) in [5, 5.41) is 10.4. The van der Waals surface area contributed by atoms with Crippen LogP contribution in [-0.4, -0.2) is 15.1 Å². The van der Waals surface area contributed by atoms with Crippen LogP contribution < -0.4 is 40.4 Å². The second-order valence-electron chi connectivity index (χ2n) is 6.13. The van der Waals surface area contributed by atoms with E-state index in [1.807, 2.05) is 54.6 Å². The summed E-state index contributed by atoms with van der Waals surface area (Å²) in [6.45, 7) is 0.629. The second kappa shape index (κ2) is 9.76. The number of para-hydroxylation sites is 3. The number of carbonyl (C=O) groups is 1. The molecule has 1 aromatic heterocycles. The molecule has 0 bridgehead atoms. The van der Waals surface area contributed by atoms with E-state index in [4.69, 9.17) is 0 Å². The maximum absolute atomic E-state index is 12.9. The summed E-state index contributed by atoms with van der Waals surface area (Å²) in [5.41, 5.74) is 2.64. The van der Waals surface area contributed by atoms with Crippen molar-refractivity contribution in [1.82, 2.24) is 9.13 Å². The Bertz CT molecular complexity index is 916. The molecule has 0 N–H and O–H groups in total. The van der Waals surface area contributed by atoms with E-state index in [9.17, 15) is 14.7 Å². The SMILES string of the molecule is O=C([O-])CCCCCCn1c(=O)n(-c2ccccc2)c2ccccc21.[Na+]. The third kappa shape index (κ3) is 4.67. The number of fused-ring (bicyclic) bond motifs is 1. The molecule has 130 valence electrons. The van der Waals surface area contributed by atoms with Crippen LogP contribution in [0.5, 0.6) is 0 Å². The van der Waals surface area contributed by atoms with Gasteiger partial charge in [-0.3, -0.25) is 9.13 Å². The molecule has 0 aliphatic carbocycles. The summed E-state index contributed by atoms with van der Waals surface area (Å²) in [7, 11) is 0. The number of carbonyl (C=O) groups excluding carboxylic acids is 1. The molecule has 3 rings (SSSR count). The minimum atomic E-state index is -0.998. The molecule has 0 saturated heterocycles. The van der Waals surface area contributed by atoms with Gasteiger partial charge in [0, 0.05) is 12.5 Å². The number of carboxylic acid groups (broad SMARTS) is 1. The molecule has 6 heteroatoms. The van der Waals surface area contributed by atoms with Crippen LogP contribution in [0.15, 0.2) is 59.4 Å². The summed E-state index contributed by atoms with van der Waals surface area (Å²) in [6, 6.07) is 17.4. The van der Waals surface area contributed by atoms with E-state index in [-0.39, 0.29) is 41.7 Å². The first-order valence-electron chi connectivity index (χ1n) is 8.64. The van der Waals surface area contributed by atoms with Crippen LogP contribution in [0.4, 0.5) is 0 Å². The minimum absolute atomic E-state index is 0. The van der Waals surface area contributed by atoms with Crippen molar-refractivity contribution >= 4 is 17.0 Å². The van der Waals surface area contributed by atoms with Gasteiger partial charge in [0.2, 0.25) is 0 Å². The van der Waals surface area contributed by atoms with Crippen LogP contribution in [0.25, 0.3) is 16.7 Å². The van der Waals surface area contributed by atoms with Crippen molar-refractivity contribution in [2.45, 2.75) is 38.6 Å². The molecule has 0 atom stereocenters. The normalized spacial score (nSPS) is 10.6. The number of hydrogen-bond donors (Lipinski definition) is 0. The summed E-state index contributed by atoms with van der Waals surface area (Å²) >= 11 is 0. The van der Waals surface area contributed by atoms with Gasteiger partial charge in [0.1, 0.15) is 0 Å². The molecule has 0 fully saturated rings. The molecule has 0 aliphatic heterocycles. The van der Waals surface area contributed by atoms with Crippen LogP contribution in [0, 0.1) is 0 Å². The van der Waals surface area contributed by atoms with Gasteiger partial charge in [-0.15, -0.1) is 0 Å². The standard InChI is InChI=1S/C20H22N2O3.Na/c23-19(24)14-6-1-2-9-15-21-17-12-7-8-13-18(17)22(20(21)25)16-10-4-3-5-11-16;/h3-5,7-8,10-13H,1-2,6,9,14-15H2,(H,23,24);/q;+1/p-1. The first-order valence-corrected chi connectivity index (χ1v) is 8.64. The Morgan fingerprint density at radius 3 is 2.15 bits per heavy atom. The monoisotopic (exact) mass is 360 g/mol. The molecule has 3 aromatic rings. The van der Waals surface area contributed by atoms with Gasteiger partial charge in [-0.2, -0.15) is 0 Å². The Morgan fingerprint density at radius 2 is 1.46 bits per heavy atom. The first-order chi connectivity index (χ1) is 12.2. The van der Waals surface area contributed by atoms with Gasteiger partial charge >= 0.3 is 35.2 Å². The second-order valence-corrected chi connectivity index (χ2v) is 6.13. The minimum Gasteiger partial charge on any atom is -0.550 e. The van der Waals surface area contributed by atoms with Crippen LogP contribution in [0.2, 0.25) is 0 Å². The Balaban J connectivity index is 0.00000243. The van der Waals surface area contributed by atoms with Crippen molar-refractivity contribution in [3.8, 4) is 5.69 Å². The number of rotatable bonds is 8. The van der Waals surface area contributed by atoms with Gasteiger partial charge in [-0.05, 0) is 43.5 Å². The number of hydrogen-bond acceptors (Lipinski definition) is 3. The van der Waals surface area contributed by atoms with E-state index < -0.39 is 5.97 Å². The van der Waals surface area contributed by atoms with Gasteiger partial charge in [-0.25, -0.2) is 4.79 Å². The fraction of sp³-hybridized carbons (Fsp3) is 0.300. The molecule has 0 saturated carbocycles. The van der Waals surface area contributed by atoms with Gasteiger partial charge < -0.3 is 9.90 Å². The van der Waals surface area contributed by atoms with Crippen molar-refractivity contribution in [3.63, 3.8) is 0 Å². The third-order valence-electron chi connectivity index (χ3n) is 4.36. The fourth-order valence-corrected chi connectivity index (χ4v) is 3.14. The number of aliphatic carboxylic acids is 1. The summed E-state index contributed by atoms with van der Waals surface area (Å²) in [5.74, 6) is -0.998. The molecular formula is C20H21N2NaO3. The van der Waals surface area contributed by atoms with Crippen molar-refractivity contribution < 1.29 is 39.5 Å². The van der Waals surface area contributed by atoms with Crippen molar-refractivity contribution in [3.05, 3.63) is 65.1 Å². The molecule has 0 amide bonds. The zero-order valence-electron chi connectivity index (χ0n) is 15.1. The third-order valence-corrected chi connectivity index (χ3v) is 4.36. The molecule has 0 radical (unpaired) electrons. The predicted octanol–water partition coefficient (Wildman–Crippen LogP) is -0.503. The molecular weight excluding hydrogens is 339 g/mol. The Kier molecular flexibility index (Phi) is 7.69. The maximum atomic E-state index is 12.9. The number of aryl methyl sites for hydroxylation is 1. The van der Waals surface area contributed by atoms with Gasteiger partial charge in [0.25, 0.3) is 0 Å². The topological polar surface area (TPSA) is 67.1 Å². The van der Waals surface area contributed by atoms with Crippen molar-refractivity contribution in [1.29, 1.82) is 0 Å². The first kappa shape index (κ1) is 20.5. The number of nitrogens with zero attached hydrogens (tertiary/aromatic N) is 2. The Hall–Kier alpha value is -1.82. The fourth-order valence-electron chi connectivity index (χ4n) is 3.14. The van der Waals surface area contributed by atoms with E-state index in [1.54, 1.807) is 9.13 Å². The average molecular weight is 360 g/mol. The molecule has 2 aromatic carbocycles. The average Bonchev–Trinajstić information content (AvgIpc) is 2.90. The zero-order chi connectivity index (χ0) is 17.6. The zero-order valence-corrected chi connectivity index (χ0v) is 17.1. The van der Waals surface area contributed by atoms with Crippen LogP contribution in [0.3, 0.4) is 0 Å². The summed E-state index contributed by atoms with van der Waals surface area (Å²) in [6.07, 6.45) is 3.30. The number of benzene rings is 2. The molecule has 5 nitrogen and oxygen atoms in total. The smallest absolute Gasteiger partial charge is 0.550 e. The predicted molar refractivity (Wildman–Crippen MR) is 95.6 cm³/mol. The molecule has 1 heterocycles. The maximum Gasteiger partial charge on any atom is 1.00 e. The number of aromatic nitrogens is 2. The number of imidazole rings is 1. The molecule has 26 heavy (non-hydrogen) atoms. The van der Waals surface area contributed by atoms with E-state index in [0.29, 0.717) is 13.0 Å². The van der Waals surface area contributed by atoms with Crippen molar-refractivity contribution in [2.24, 2.45) is 0 Å². The van der Waals surface area contributed by atoms with E-state index >= 15 is 0 Å².